The average Bonchev–Trinajstić information content (AvgIpc) is 2.81. The van der Waals surface area contributed by atoms with Crippen molar-refractivity contribution >= 4 is 37.7 Å². The summed E-state index contributed by atoms with van der Waals surface area (Å²) in [6.07, 6.45) is 0. The van der Waals surface area contributed by atoms with Crippen molar-refractivity contribution in [1.82, 2.24) is 4.57 Å². The van der Waals surface area contributed by atoms with Gasteiger partial charge in [-0.3, -0.25) is 0 Å². The van der Waals surface area contributed by atoms with E-state index in [1.165, 1.54) is 24.3 Å². The van der Waals surface area contributed by atoms with E-state index >= 15 is 0 Å². The Balaban J connectivity index is 2.17. The van der Waals surface area contributed by atoms with E-state index in [1.807, 2.05) is 28.8 Å². The number of halogens is 3. The number of hydrogen-bond donors (Lipinski definition) is 0. The van der Waals surface area contributed by atoms with E-state index in [0.29, 0.717) is 10.8 Å². The average molecular weight is 358 g/mol. The predicted molar refractivity (Wildman–Crippen MR) is 88.4 cm³/mol. The van der Waals surface area contributed by atoms with Gasteiger partial charge in [0.2, 0.25) is 0 Å². The normalized spacial score (nSPS) is 11.4. The Bertz CT molecular complexity index is 944. The van der Waals surface area contributed by atoms with Crippen LogP contribution in [0.1, 0.15) is 0 Å². The van der Waals surface area contributed by atoms with Crippen molar-refractivity contribution < 1.29 is 8.78 Å². The van der Waals surface area contributed by atoms with Gasteiger partial charge in [0.25, 0.3) is 0 Å². The summed E-state index contributed by atoms with van der Waals surface area (Å²) in [7, 11) is 0. The molecule has 4 rings (SSSR count). The third kappa shape index (κ3) is 2.03. The fourth-order valence-corrected chi connectivity index (χ4v) is 3.10. The molecule has 0 N–H and O–H groups in total. The van der Waals surface area contributed by atoms with Gasteiger partial charge in [0.1, 0.15) is 11.6 Å². The second-order valence-electron chi connectivity index (χ2n) is 5.13. The minimum atomic E-state index is -0.327. The second kappa shape index (κ2) is 4.92. The maximum atomic E-state index is 13.6. The van der Waals surface area contributed by atoms with Crippen molar-refractivity contribution in [3.05, 3.63) is 76.8 Å². The van der Waals surface area contributed by atoms with E-state index in [0.717, 1.165) is 21.2 Å². The van der Waals surface area contributed by atoms with Crippen LogP contribution in [0.4, 0.5) is 8.78 Å². The molecule has 0 bridgehead atoms. The van der Waals surface area contributed by atoms with Gasteiger partial charge in [0.15, 0.2) is 0 Å². The fourth-order valence-electron chi connectivity index (χ4n) is 2.84. The summed E-state index contributed by atoms with van der Waals surface area (Å²) in [5, 5.41) is 1.41. The Morgan fingerprint density at radius 1 is 0.682 bits per heavy atom. The lowest BCUT2D eigenvalue weighted by Gasteiger charge is -2.07. The lowest BCUT2D eigenvalue weighted by Crippen LogP contribution is -1.93. The van der Waals surface area contributed by atoms with Gasteiger partial charge in [-0.1, -0.05) is 15.9 Å². The molecule has 4 heteroatoms. The zero-order chi connectivity index (χ0) is 15.3. The molecule has 0 saturated heterocycles. The molecule has 0 unspecified atom stereocenters. The first-order chi connectivity index (χ1) is 10.6. The lowest BCUT2D eigenvalue weighted by molar-refractivity contribution is 0.628. The minimum Gasteiger partial charge on any atom is -0.309 e. The van der Waals surface area contributed by atoms with Crippen LogP contribution in [-0.2, 0) is 0 Å². The van der Waals surface area contributed by atoms with Crippen molar-refractivity contribution in [1.29, 1.82) is 0 Å². The van der Waals surface area contributed by atoms with Gasteiger partial charge >= 0.3 is 0 Å². The molecule has 0 amide bonds. The third-order valence-corrected chi connectivity index (χ3v) is 4.30. The summed E-state index contributed by atoms with van der Waals surface area (Å²) < 4.78 is 30.2. The molecule has 4 aromatic rings. The molecule has 22 heavy (non-hydrogen) atoms. The highest BCUT2D eigenvalue weighted by Gasteiger charge is 2.13. The van der Waals surface area contributed by atoms with Crippen LogP contribution in [0, 0.1) is 11.6 Å². The number of nitrogens with zero attached hydrogens (tertiary/aromatic N) is 1. The summed E-state index contributed by atoms with van der Waals surface area (Å²) in [5.41, 5.74) is 2.65. The highest BCUT2D eigenvalue weighted by atomic mass is 79.9. The van der Waals surface area contributed by atoms with Gasteiger partial charge in [0.05, 0.1) is 11.0 Å². The number of rotatable bonds is 1. The number of fused-ring (bicyclic) bond motifs is 3. The maximum Gasteiger partial charge on any atom is 0.123 e. The van der Waals surface area contributed by atoms with Gasteiger partial charge in [-0.15, -0.1) is 0 Å². The largest absolute Gasteiger partial charge is 0.309 e. The first-order valence-electron chi connectivity index (χ1n) is 6.79. The molecule has 0 radical (unpaired) electrons. The van der Waals surface area contributed by atoms with E-state index in [2.05, 4.69) is 15.9 Å². The van der Waals surface area contributed by atoms with Crippen molar-refractivity contribution in [3.63, 3.8) is 0 Å². The van der Waals surface area contributed by atoms with Crippen LogP contribution < -0.4 is 0 Å². The third-order valence-electron chi connectivity index (χ3n) is 3.77. The fraction of sp³-hybridized carbons (Fsp3) is 0. The van der Waals surface area contributed by atoms with Crippen LogP contribution in [0.5, 0.6) is 0 Å². The molecule has 3 aromatic carbocycles. The maximum absolute atomic E-state index is 13.6. The van der Waals surface area contributed by atoms with Crippen molar-refractivity contribution in [3.8, 4) is 5.69 Å². The van der Waals surface area contributed by atoms with Crippen LogP contribution in [0.25, 0.3) is 27.5 Å². The highest BCUT2D eigenvalue weighted by molar-refractivity contribution is 9.10. The molecule has 0 spiro atoms. The monoisotopic (exact) mass is 357 g/mol. The molecule has 0 atom stereocenters. The van der Waals surface area contributed by atoms with E-state index in [1.54, 1.807) is 12.1 Å². The smallest absolute Gasteiger partial charge is 0.123 e. The van der Waals surface area contributed by atoms with Crippen LogP contribution in [-0.4, -0.2) is 4.57 Å². The van der Waals surface area contributed by atoms with E-state index < -0.39 is 0 Å². The zero-order valence-corrected chi connectivity index (χ0v) is 12.9. The molecule has 0 saturated carbocycles. The van der Waals surface area contributed by atoms with E-state index in [4.69, 9.17) is 0 Å². The summed E-state index contributed by atoms with van der Waals surface area (Å²) in [6.45, 7) is 0. The number of aromatic nitrogens is 1. The molecule has 1 aromatic heterocycles. The molecular weight excluding hydrogens is 348 g/mol. The summed E-state index contributed by atoms with van der Waals surface area (Å²) in [6, 6.07) is 17.0. The standard InChI is InChI=1S/C18H10BrF2N/c19-11-1-5-14(6-2-11)22-17-7-3-12(20)9-15(17)16-10-13(21)4-8-18(16)22/h1-10H. The molecule has 1 nitrogen and oxygen atoms in total. The molecule has 0 aliphatic carbocycles. The minimum absolute atomic E-state index is 0.327. The molecule has 0 aliphatic heterocycles. The van der Waals surface area contributed by atoms with Gasteiger partial charge in [-0.05, 0) is 60.7 Å². The van der Waals surface area contributed by atoms with Crippen LogP contribution >= 0.6 is 15.9 Å². The van der Waals surface area contributed by atoms with E-state index in [9.17, 15) is 8.78 Å². The zero-order valence-electron chi connectivity index (χ0n) is 11.4. The topological polar surface area (TPSA) is 4.93 Å². The van der Waals surface area contributed by atoms with Gasteiger partial charge in [-0.2, -0.15) is 0 Å². The van der Waals surface area contributed by atoms with Crippen molar-refractivity contribution in [2.24, 2.45) is 0 Å². The van der Waals surface area contributed by atoms with Crippen LogP contribution in [0.15, 0.2) is 65.1 Å². The second-order valence-corrected chi connectivity index (χ2v) is 6.05. The van der Waals surface area contributed by atoms with Crippen LogP contribution in [0.3, 0.4) is 0 Å². The Kier molecular flexibility index (Phi) is 3.01. The van der Waals surface area contributed by atoms with Crippen LogP contribution in [0.2, 0.25) is 0 Å². The van der Waals surface area contributed by atoms with Crippen molar-refractivity contribution in [2.75, 3.05) is 0 Å². The highest BCUT2D eigenvalue weighted by Crippen LogP contribution is 2.33. The Labute approximate surface area is 133 Å². The summed E-state index contributed by atoms with van der Waals surface area (Å²) >= 11 is 3.42. The Hall–Kier alpha value is -2.20. The molecule has 0 aliphatic rings. The van der Waals surface area contributed by atoms with Gasteiger partial charge in [0, 0.05) is 20.9 Å². The van der Waals surface area contributed by atoms with Gasteiger partial charge < -0.3 is 4.57 Å². The summed E-state index contributed by atoms with van der Waals surface area (Å²) in [5.74, 6) is -0.654. The molecule has 1 heterocycles. The SMILES string of the molecule is Fc1ccc2c(c1)c1cc(F)ccc1n2-c1ccc(Br)cc1. The first-order valence-corrected chi connectivity index (χ1v) is 7.58. The number of hydrogen-bond acceptors (Lipinski definition) is 0. The first kappa shape index (κ1) is 13.5. The Morgan fingerprint density at radius 3 is 1.68 bits per heavy atom. The Morgan fingerprint density at radius 2 is 1.18 bits per heavy atom. The van der Waals surface area contributed by atoms with Gasteiger partial charge in [-0.25, -0.2) is 8.78 Å². The van der Waals surface area contributed by atoms with E-state index in [-0.39, 0.29) is 11.6 Å². The van der Waals surface area contributed by atoms with Crippen molar-refractivity contribution in [2.45, 2.75) is 0 Å². The predicted octanol–water partition coefficient (Wildman–Crippen LogP) is 5.82. The quantitative estimate of drug-likeness (QED) is 0.404. The molecule has 108 valence electrons. The summed E-state index contributed by atoms with van der Waals surface area (Å²) in [4.78, 5) is 0. The molecule has 0 fully saturated rings. The molecular formula is C18H10BrF2N. The lowest BCUT2D eigenvalue weighted by atomic mass is 10.1. The number of benzene rings is 3.